The van der Waals surface area contributed by atoms with Gasteiger partial charge in [-0.25, -0.2) is 4.79 Å². The molecule has 118 valence electrons. The summed E-state index contributed by atoms with van der Waals surface area (Å²) in [5.74, 6) is 1.60. The van der Waals surface area contributed by atoms with Crippen LogP contribution in [0.4, 0.5) is 10.6 Å². The zero-order valence-corrected chi connectivity index (χ0v) is 13.3. The van der Waals surface area contributed by atoms with Crippen LogP contribution in [0.5, 0.6) is 5.75 Å². The second-order valence-electron chi connectivity index (χ2n) is 5.89. The molecule has 0 aliphatic heterocycles. The Kier molecular flexibility index (Phi) is 5.20. The van der Waals surface area contributed by atoms with E-state index in [1.54, 1.807) is 30.3 Å². The van der Waals surface area contributed by atoms with Crippen molar-refractivity contribution < 1.29 is 14.1 Å². The number of carbonyl (C=O) groups excluding carboxylic acids is 1. The lowest BCUT2D eigenvalue weighted by molar-refractivity contribution is 0.215. The van der Waals surface area contributed by atoms with E-state index in [2.05, 4.69) is 31.2 Å². The minimum absolute atomic E-state index is 0.105. The van der Waals surface area contributed by atoms with Gasteiger partial charge in [0, 0.05) is 11.5 Å². The number of amides is 1. The van der Waals surface area contributed by atoms with Crippen LogP contribution in [-0.4, -0.2) is 11.2 Å². The van der Waals surface area contributed by atoms with Gasteiger partial charge in [-0.15, -0.1) is 0 Å². The lowest BCUT2D eigenvalue weighted by Crippen LogP contribution is -2.17. The van der Waals surface area contributed by atoms with Gasteiger partial charge >= 0.3 is 6.09 Å². The third-order valence-electron chi connectivity index (χ3n) is 3.52. The van der Waals surface area contributed by atoms with Gasteiger partial charge in [0.05, 0.1) is 0 Å². The molecule has 0 atom stereocenters. The Hall–Kier alpha value is -2.30. The summed E-state index contributed by atoms with van der Waals surface area (Å²) in [4.78, 5) is 11.8. The van der Waals surface area contributed by atoms with Gasteiger partial charge in [0.1, 0.15) is 11.5 Å². The average Bonchev–Trinajstić information content (AvgIpc) is 2.95. The molecule has 0 aliphatic rings. The fourth-order valence-electron chi connectivity index (χ4n) is 2.12. The maximum Gasteiger partial charge on any atom is 0.418 e. The normalized spacial score (nSPS) is 11.2. The van der Waals surface area contributed by atoms with Crippen molar-refractivity contribution in [1.29, 1.82) is 0 Å². The molecule has 22 heavy (non-hydrogen) atoms. The van der Waals surface area contributed by atoms with E-state index < -0.39 is 6.09 Å². The first-order valence-electron chi connectivity index (χ1n) is 7.52. The molecule has 0 bridgehead atoms. The SMILES string of the molecule is CCCCC(C)(C)c1cc(NC(=O)Oc2ccccc2)no1. The molecule has 2 aromatic rings. The number of hydrogen-bond acceptors (Lipinski definition) is 4. The minimum Gasteiger partial charge on any atom is -0.410 e. The van der Waals surface area contributed by atoms with Gasteiger partial charge in [-0.05, 0) is 18.6 Å². The number of nitrogens with zero attached hydrogens (tertiary/aromatic N) is 1. The first-order valence-corrected chi connectivity index (χ1v) is 7.52. The summed E-state index contributed by atoms with van der Waals surface area (Å²) >= 11 is 0. The van der Waals surface area contributed by atoms with Gasteiger partial charge in [-0.2, -0.15) is 0 Å². The highest BCUT2D eigenvalue weighted by Crippen LogP contribution is 2.30. The Morgan fingerprint density at radius 2 is 2.05 bits per heavy atom. The third-order valence-corrected chi connectivity index (χ3v) is 3.52. The number of carbonyl (C=O) groups is 1. The second kappa shape index (κ2) is 7.11. The largest absolute Gasteiger partial charge is 0.418 e. The molecule has 0 spiro atoms. The quantitative estimate of drug-likeness (QED) is 0.836. The maximum atomic E-state index is 11.8. The molecule has 0 saturated heterocycles. The molecule has 5 heteroatoms. The minimum atomic E-state index is -0.586. The molecule has 0 radical (unpaired) electrons. The van der Waals surface area contributed by atoms with Crippen molar-refractivity contribution in [2.75, 3.05) is 5.32 Å². The van der Waals surface area contributed by atoms with E-state index in [-0.39, 0.29) is 5.41 Å². The van der Waals surface area contributed by atoms with Crippen LogP contribution in [0.3, 0.4) is 0 Å². The molecule has 2 rings (SSSR count). The van der Waals surface area contributed by atoms with Crippen molar-refractivity contribution >= 4 is 11.9 Å². The van der Waals surface area contributed by atoms with E-state index in [0.717, 1.165) is 25.0 Å². The Morgan fingerprint density at radius 3 is 2.73 bits per heavy atom. The Morgan fingerprint density at radius 1 is 1.32 bits per heavy atom. The number of hydrogen-bond donors (Lipinski definition) is 1. The number of unbranched alkanes of at least 4 members (excludes halogenated alkanes) is 1. The molecule has 0 fully saturated rings. The number of aromatic nitrogens is 1. The van der Waals surface area contributed by atoms with Crippen LogP contribution < -0.4 is 10.1 Å². The average molecular weight is 302 g/mol. The fraction of sp³-hybridized carbons (Fsp3) is 0.412. The van der Waals surface area contributed by atoms with Crippen molar-refractivity contribution in [2.45, 2.75) is 45.4 Å². The lowest BCUT2D eigenvalue weighted by atomic mass is 9.85. The van der Waals surface area contributed by atoms with Crippen LogP contribution in [0.25, 0.3) is 0 Å². The smallest absolute Gasteiger partial charge is 0.410 e. The maximum absolute atomic E-state index is 11.8. The predicted octanol–water partition coefficient (Wildman–Crippen LogP) is 4.75. The molecular weight excluding hydrogens is 280 g/mol. The summed E-state index contributed by atoms with van der Waals surface area (Å²) in [6.07, 6.45) is 2.67. The number of anilines is 1. The van der Waals surface area contributed by atoms with E-state index in [1.807, 2.05) is 6.07 Å². The Bertz CT molecular complexity index is 605. The van der Waals surface area contributed by atoms with Crippen molar-refractivity contribution in [2.24, 2.45) is 0 Å². The number of ether oxygens (including phenoxy) is 1. The van der Waals surface area contributed by atoms with Crippen molar-refractivity contribution in [3.8, 4) is 5.75 Å². The van der Waals surface area contributed by atoms with Crippen LogP contribution in [0.1, 0.15) is 45.8 Å². The molecule has 1 aromatic carbocycles. The number of nitrogens with one attached hydrogen (secondary N) is 1. The lowest BCUT2D eigenvalue weighted by Gasteiger charge is -2.20. The predicted molar refractivity (Wildman–Crippen MR) is 85.1 cm³/mol. The summed E-state index contributed by atoms with van der Waals surface area (Å²) in [7, 11) is 0. The van der Waals surface area contributed by atoms with Crippen LogP contribution in [-0.2, 0) is 5.41 Å². The number of para-hydroxylation sites is 1. The van der Waals surface area contributed by atoms with Crippen LogP contribution in [0.2, 0.25) is 0 Å². The zero-order chi connectivity index (χ0) is 16.0. The van der Waals surface area contributed by atoms with E-state index in [1.165, 1.54) is 0 Å². The third kappa shape index (κ3) is 4.35. The fourth-order valence-corrected chi connectivity index (χ4v) is 2.12. The highest BCUT2D eigenvalue weighted by Gasteiger charge is 2.25. The molecule has 5 nitrogen and oxygen atoms in total. The van der Waals surface area contributed by atoms with Crippen LogP contribution in [0, 0.1) is 0 Å². The monoisotopic (exact) mass is 302 g/mol. The highest BCUT2D eigenvalue weighted by atomic mass is 16.6. The summed E-state index contributed by atoms with van der Waals surface area (Å²) in [5.41, 5.74) is -0.105. The molecule has 1 heterocycles. The van der Waals surface area contributed by atoms with Gasteiger partial charge in [0.25, 0.3) is 0 Å². The standard InChI is InChI=1S/C17H22N2O3/c1-4-5-11-17(2,3)14-12-15(19-22-14)18-16(20)21-13-9-7-6-8-10-13/h6-10,12H,4-5,11H2,1-3H3,(H,18,19,20). The van der Waals surface area contributed by atoms with Crippen molar-refractivity contribution in [1.82, 2.24) is 5.16 Å². The summed E-state index contributed by atoms with van der Waals surface area (Å²) in [6.45, 7) is 6.37. The molecule has 1 aromatic heterocycles. The van der Waals surface area contributed by atoms with E-state index in [0.29, 0.717) is 11.6 Å². The zero-order valence-electron chi connectivity index (χ0n) is 13.3. The van der Waals surface area contributed by atoms with Gasteiger partial charge < -0.3 is 9.26 Å². The number of rotatable bonds is 6. The molecular formula is C17H22N2O3. The molecule has 0 saturated carbocycles. The number of benzene rings is 1. The summed E-state index contributed by atoms with van der Waals surface area (Å²) in [5, 5.41) is 6.46. The second-order valence-corrected chi connectivity index (χ2v) is 5.89. The van der Waals surface area contributed by atoms with Gasteiger partial charge in [0.2, 0.25) is 0 Å². The topological polar surface area (TPSA) is 64.4 Å². The molecule has 0 unspecified atom stereocenters. The Balaban J connectivity index is 1.95. The van der Waals surface area contributed by atoms with Crippen molar-refractivity contribution in [3.05, 3.63) is 42.2 Å². The van der Waals surface area contributed by atoms with Crippen LogP contribution >= 0.6 is 0 Å². The van der Waals surface area contributed by atoms with Gasteiger partial charge in [-0.1, -0.05) is 57.0 Å². The van der Waals surface area contributed by atoms with Gasteiger partial charge in [0.15, 0.2) is 5.82 Å². The highest BCUT2D eigenvalue weighted by molar-refractivity contribution is 5.85. The first kappa shape index (κ1) is 16.1. The van der Waals surface area contributed by atoms with E-state index in [4.69, 9.17) is 9.26 Å². The summed E-state index contributed by atoms with van der Waals surface area (Å²) in [6, 6.07) is 10.6. The summed E-state index contributed by atoms with van der Waals surface area (Å²) < 4.78 is 10.5. The van der Waals surface area contributed by atoms with Crippen molar-refractivity contribution in [3.63, 3.8) is 0 Å². The van der Waals surface area contributed by atoms with E-state index >= 15 is 0 Å². The Labute approximate surface area is 130 Å². The molecule has 0 aliphatic carbocycles. The molecule has 1 amide bonds. The van der Waals surface area contributed by atoms with Gasteiger partial charge in [-0.3, -0.25) is 5.32 Å². The van der Waals surface area contributed by atoms with Crippen LogP contribution in [0.15, 0.2) is 40.9 Å². The molecule has 1 N–H and O–H groups in total. The van der Waals surface area contributed by atoms with E-state index in [9.17, 15) is 4.79 Å². The first-order chi connectivity index (χ1) is 10.5.